The number of halogens is 1. The molecule has 3 aliphatic rings. The molecular weight excluding hydrogens is 449 g/mol. The number of nitrogens with zero attached hydrogens (tertiary/aromatic N) is 2. The van der Waals surface area contributed by atoms with E-state index in [0.29, 0.717) is 16.6 Å². The van der Waals surface area contributed by atoms with Crippen LogP contribution in [0, 0.1) is 12.7 Å². The van der Waals surface area contributed by atoms with Crippen molar-refractivity contribution in [3.05, 3.63) is 57.5 Å². The number of rotatable bonds is 4. The number of likely N-dealkylation sites (tertiary alicyclic amines) is 1. The zero-order chi connectivity index (χ0) is 22.2. The lowest BCUT2D eigenvalue weighted by atomic mass is 10.2. The predicted molar refractivity (Wildman–Crippen MR) is 124 cm³/mol. The second kappa shape index (κ2) is 8.84. The highest BCUT2D eigenvalue weighted by molar-refractivity contribution is 8.14. The van der Waals surface area contributed by atoms with Crippen LogP contribution >= 0.6 is 23.1 Å². The smallest absolute Gasteiger partial charge is 0.248 e. The molecule has 5 rings (SSSR count). The molecule has 3 aliphatic heterocycles. The molecule has 4 heterocycles. The van der Waals surface area contributed by atoms with Crippen molar-refractivity contribution in [1.29, 1.82) is 0 Å². The molecular formula is C22H24FN5O2S2. The number of nitrogens with one attached hydrogen (secondary N) is 3. The molecule has 1 aromatic carbocycles. The zero-order valence-electron chi connectivity index (χ0n) is 17.5. The third-order valence-electron chi connectivity index (χ3n) is 5.86. The van der Waals surface area contributed by atoms with Gasteiger partial charge in [0.1, 0.15) is 18.0 Å². The summed E-state index contributed by atoms with van der Waals surface area (Å²) >= 11 is 2.78. The maximum atomic E-state index is 14.3. The summed E-state index contributed by atoms with van der Waals surface area (Å²) in [7, 11) is 0. The Kier molecular flexibility index (Phi) is 5.92. The average Bonchev–Trinajstić information content (AvgIpc) is 3.50. The van der Waals surface area contributed by atoms with Crippen molar-refractivity contribution in [3.63, 3.8) is 0 Å². The number of fused-ring (bicyclic) bond motifs is 1. The van der Waals surface area contributed by atoms with Crippen LogP contribution in [0.15, 0.2) is 41.4 Å². The van der Waals surface area contributed by atoms with Crippen molar-refractivity contribution in [1.82, 2.24) is 20.9 Å². The largest absolute Gasteiger partial charge is 0.350 e. The first kappa shape index (κ1) is 21.4. The van der Waals surface area contributed by atoms with E-state index in [9.17, 15) is 14.0 Å². The SMILES string of the molecule is Cc1cc(F)c(C2NC(=O)C3N=C(N4CCC[C@@H]4C(=O)NCc4ccccc4)SC3N2)s1. The molecule has 0 aliphatic carbocycles. The van der Waals surface area contributed by atoms with Crippen LogP contribution in [-0.2, 0) is 16.1 Å². The molecule has 3 unspecified atom stereocenters. The first-order valence-corrected chi connectivity index (χ1v) is 12.3. The van der Waals surface area contributed by atoms with Crippen molar-refractivity contribution in [3.8, 4) is 0 Å². The number of hydrogen-bond donors (Lipinski definition) is 3. The Bertz CT molecular complexity index is 1060. The summed E-state index contributed by atoms with van der Waals surface area (Å²) in [5, 5.41) is 9.59. The molecule has 2 aromatic rings. The van der Waals surface area contributed by atoms with Gasteiger partial charge in [-0.15, -0.1) is 11.3 Å². The highest BCUT2D eigenvalue weighted by Gasteiger charge is 2.46. The Balaban J connectivity index is 1.25. The number of benzene rings is 1. The molecule has 1 aromatic heterocycles. The van der Waals surface area contributed by atoms with Gasteiger partial charge in [0.05, 0.1) is 10.3 Å². The summed E-state index contributed by atoms with van der Waals surface area (Å²) in [5.41, 5.74) is 1.05. The van der Waals surface area contributed by atoms with Gasteiger partial charge in [-0.2, -0.15) is 0 Å². The van der Waals surface area contributed by atoms with Gasteiger partial charge in [-0.3, -0.25) is 14.9 Å². The number of aryl methyl sites for hydroxylation is 1. The molecule has 3 N–H and O–H groups in total. The molecule has 0 spiro atoms. The van der Waals surface area contributed by atoms with Crippen molar-refractivity contribution in [2.24, 2.45) is 4.99 Å². The number of thioether (sulfide) groups is 1. The molecule has 2 saturated heterocycles. The normalized spacial score (nSPS) is 27.1. The molecule has 10 heteroatoms. The topological polar surface area (TPSA) is 85.8 Å². The Morgan fingerprint density at radius 1 is 1.34 bits per heavy atom. The highest BCUT2D eigenvalue weighted by Crippen LogP contribution is 2.36. The number of carbonyl (C=O) groups excluding carboxylic acids is 2. The number of amides is 2. The third kappa shape index (κ3) is 4.14. The minimum atomic E-state index is -0.594. The molecule has 0 saturated carbocycles. The van der Waals surface area contributed by atoms with Crippen LogP contribution in [-0.4, -0.2) is 45.9 Å². The lowest BCUT2D eigenvalue weighted by Crippen LogP contribution is -2.56. The maximum Gasteiger partial charge on any atom is 0.248 e. The molecule has 32 heavy (non-hydrogen) atoms. The maximum absolute atomic E-state index is 14.3. The summed E-state index contributed by atoms with van der Waals surface area (Å²) < 4.78 is 14.3. The Hall–Kier alpha value is -2.43. The van der Waals surface area contributed by atoms with E-state index >= 15 is 0 Å². The molecule has 0 radical (unpaired) electrons. The molecule has 4 atom stereocenters. The number of thiophene rings is 1. The molecule has 7 nitrogen and oxygen atoms in total. The van der Waals surface area contributed by atoms with Crippen LogP contribution in [0.5, 0.6) is 0 Å². The number of carbonyl (C=O) groups is 2. The summed E-state index contributed by atoms with van der Waals surface area (Å²) in [6, 6.07) is 10.4. The fraction of sp³-hybridized carbons (Fsp3) is 0.409. The van der Waals surface area contributed by atoms with Crippen molar-refractivity contribution in [2.45, 2.75) is 49.9 Å². The lowest BCUT2D eigenvalue weighted by molar-refractivity contribution is -0.125. The first-order valence-electron chi connectivity index (χ1n) is 10.6. The predicted octanol–water partition coefficient (Wildman–Crippen LogP) is 2.49. The van der Waals surface area contributed by atoms with Gasteiger partial charge >= 0.3 is 0 Å². The number of hydrogen-bond acceptors (Lipinski definition) is 7. The van der Waals surface area contributed by atoms with E-state index in [1.54, 1.807) is 0 Å². The van der Waals surface area contributed by atoms with E-state index in [0.717, 1.165) is 29.8 Å². The fourth-order valence-electron chi connectivity index (χ4n) is 4.30. The van der Waals surface area contributed by atoms with Crippen molar-refractivity contribution in [2.75, 3.05) is 6.54 Å². The lowest BCUT2D eigenvalue weighted by Gasteiger charge is -2.31. The average molecular weight is 474 g/mol. The monoisotopic (exact) mass is 473 g/mol. The third-order valence-corrected chi connectivity index (χ3v) is 8.15. The van der Waals surface area contributed by atoms with Gasteiger partial charge in [-0.25, -0.2) is 9.38 Å². The van der Waals surface area contributed by atoms with Crippen LogP contribution in [0.1, 0.15) is 34.3 Å². The van der Waals surface area contributed by atoms with E-state index in [1.165, 1.54) is 29.2 Å². The summed E-state index contributed by atoms with van der Waals surface area (Å²) in [6.45, 7) is 3.04. The van der Waals surface area contributed by atoms with Crippen molar-refractivity contribution >= 4 is 40.1 Å². The molecule has 0 bridgehead atoms. The van der Waals surface area contributed by atoms with E-state index in [-0.39, 0.29) is 29.0 Å². The summed E-state index contributed by atoms with van der Waals surface area (Å²) in [6.07, 6.45) is 1.06. The van der Waals surface area contributed by atoms with Crippen LogP contribution in [0.4, 0.5) is 4.39 Å². The summed E-state index contributed by atoms with van der Waals surface area (Å²) in [5.74, 6) is -0.575. The van der Waals surface area contributed by atoms with Gasteiger partial charge in [0.2, 0.25) is 11.8 Å². The van der Waals surface area contributed by atoms with E-state index in [2.05, 4.69) is 20.9 Å². The van der Waals surface area contributed by atoms with Crippen LogP contribution < -0.4 is 16.0 Å². The molecule has 2 amide bonds. The van der Waals surface area contributed by atoms with Gasteiger partial charge in [0.25, 0.3) is 0 Å². The minimum Gasteiger partial charge on any atom is -0.350 e. The van der Waals surface area contributed by atoms with Crippen LogP contribution in [0.3, 0.4) is 0 Å². The first-order chi connectivity index (χ1) is 15.5. The van der Waals surface area contributed by atoms with Crippen LogP contribution in [0.25, 0.3) is 0 Å². The van der Waals surface area contributed by atoms with Crippen LogP contribution in [0.2, 0.25) is 0 Å². The Morgan fingerprint density at radius 2 is 2.16 bits per heavy atom. The number of aliphatic imine (C=N–C) groups is 1. The van der Waals surface area contributed by atoms with E-state index in [4.69, 9.17) is 0 Å². The second-order valence-electron chi connectivity index (χ2n) is 8.13. The number of amidine groups is 1. The highest BCUT2D eigenvalue weighted by atomic mass is 32.2. The summed E-state index contributed by atoms with van der Waals surface area (Å²) in [4.78, 5) is 33.6. The molecule has 2 fully saturated rings. The quantitative estimate of drug-likeness (QED) is 0.635. The Morgan fingerprint density at radius 3 is 2.91 bits per heavy atom. The van der Waals surface area contributed by atoms with Gasteiger partial charge in [0, 0.05) is 18.0 Å². The van der Waals surface area contributed by atoms with E-state index < -0.39 is 12.2 Å². The minimum absolute atomic E-state index is 0.0315. The van der Waals surface area contributed by atoms with Gasteiger partial charge in [0.15, 0.2) is 11.2 Å². The standard InChI is InChI=1S/C22H24FN5O2S2/c1-12-10-14(23)17(31-12)18-26-20(30)16-21(27-18)32-22(25-16)28-9-5-8-15(28)19(29)24-11-13-6-3-2-4-7-13/h2-4,6-7,10,15-16,18,21,27H,5,8-9,11H2,1H3,(H,24,29)(H,26,30)/t15-,16?,18?,21?/m1/s1. The Labute approximate surface area is 193 Å². The van der Waals surface area contributed by atoms with Gasteiger partial charge in [-0.05, 0) is 31.4 Å². The fourth-order valence-corrected chi connectivity index (χ4v) is 6.49. The zero-order valence-corrected chi connectivity index (χ0v) is 19.1. The molecule has 168 valence electrons. The van der Waals surface area contributed by atoms with E-state index in [1.807, 2.05) is 42.2 Å². The van der Waals surface area contributed by atoms with Crippen molar-refractivity contribution < 1.29 is 14.0 Å². The van der Waals surface area contributed by atoms with Gasteiger partial charge < -0.3 is 15.5 Å². The second-order valence-corrected chi connectivity index (χ2v) is 10.5. The van der Waals surface area contributed by atoms with Gasteiger partial charge in [-0.1, -0.05) is 42.1 Å².